The molecule has 0 N–H and O–H groups in total. The maximum Gasteiger partial charge on any atom is 0.210 e. The first kappa shape index (κ1) is 13.1. The van der Waals surface area contributed by atoms with Crippen molar-refractivity contribution >= 4 is 12.2 Å². The van der Waals surface area contributed by atoms with Crippen LogP contribution in [0.25, 0.3) is 0 Å². The molecule has 0 aromatic carbocycles. The molecule has 0 radical (unpaired) electrons. The van der Waals surface area contributed by atoms with Gasteiger partial charge in [0.1, 0.15) is 6.04 Å². The minimum Gasteiger partial charge on any atom is -0.379 e. The van der Waals surface area contributed by atoms with E-state index in [1.165, 1.54) is 11.8 Å². The van der Waals surface area contributed by atoms with Gasteiger partial charge in [0.05, 0.1) is 6.10 Å². The van der Waals surface area contributed by atoms with Crippen LogP contribution >= 0.6 is 0 Å². The predicted molar refractivity (Wildman–Crippen MR) is 54.0 cm³/mol. The van der Waals surface area contributed by atoms with Gasteiger partial charge in [-0.1, -0.05) is 13.8 Å². The summed E-state index contributed by atoms with van der Waals surface area (Å²) in [6.07, 6.45) is 1.35. The molecule has 0 bridgehead atoms. The molecule has 0 aromatic heterocycles. The Kier molecular flexibility index (Phi) is 6.12. The molecule has 82 valence electrons. The largest absolute Gasteiger partial charge is 0.379 e. The Morgan fingerprint density at radius 3 is 2.43 bits per heavy atom. The third kappa shape index (κ3) is 2.80. The number of Topliss-reactive ketones (excluding diaryl/α,β-unsaturated/α-hetero) is 1. The fourth-order valence-electron chi connectivity index (χ4n) is 1.65. The minimum atomic E-state index is -0.368. The monoisotopic (exact) mass is 201 g/mol. The summed E-state index contributed by atoms with van der Waals surface area (Å²) in [4.78, 5) is 23.1. The van der Waals surface area contributed by atoms with E-state index in [4.69, 9.17) is 4.74 Å². The molecule has 1 rings (SSSR count). The van der Waals surface area contributed by atoms with Gasteiger partial charge in [-0.05, 0) is 13.3 Å². The zero-order chi connectivity index (χ0) is 11.1. The third-order valence-electron chi connectivity index (χ3n) is 2.24. The first-order valence-corrected chi connectivity index (χ1v) is 4.95. The summed E-state index contributed by atoms with van der Waals surface area (Å²) < 4.78 is 5.10. The minimum absolute atomic E-state index is 0.00792. The van der Waals surface area contributed by atoms with Crippen LogP contribution in [-0.2, 0) is 14.3 Å². The summed E-state index contributed by atoms with van der Waals surface area (Å²) >= 11 is 0. The normalized spacial score (nSPS) is 25.3. The van der Waals surface area contributed by atoms with E-state index in [2.05, 4.69) is 0 Å². The van der Waals surface area contributed by atoms with Crippen LogP contribution in [0.4, 0.5) is 0 Å². The van der Waals surface area contributed by atoms with Crippen LogP contribution in [0.5, 0.6) is 0 Å². The van der Waals surface area contributed by atoms with Gasteiger partial charge in [-0.2, -0.15) is 0 Å². The molecule has 1 fully saturated rings. The van der Waals surface area contributed by atoms with Crippen molar-refractivity contribution in [1.29, 1.82) is 0 Å². The number of likely N-dealkylation sites (tertiary alicyclic amines) is 1. The number of rotatable bonds is 3. The number of carbonyl (C=O) groups is 2. The van der Waals surface area contributed by atoms with Gasteiger partial charge < -0.3 is 9.64 Å². The smallest absolute Gasteiger partial charge is 0.210 e. The van der Waals surface area contributed by atoms with Gasteiger partial charge in [-0.25, -0.2) is 0 Å². The highest BCUT2D eigenvalue weighted by molar-refractivity contribution is 5.84. The summed E-state index contributed by atoms with van der Waals surface area (Å²) in [6.45, 7) is 6.10. The molecule has 0 unspecified atom stereocenters. The topological polar surface area (TPSA) is 46.6 Å². The van der Waals surface area contributed by atoms with Crippen LogP contribution < -0.4 is 0 Å². The summed E-state index contributed by atoms with van der Waals surface area (Å²) in [7, 11) is 1.56. The van der Waals surface area contributed by atoms with Crippen LogP contribution in [0.3, 0.4) is 0 Å². The molecule has 0 spiro atoms. The van der Waals surface area contributed by atoms with E-state index in [1.54, 1.807) is 7.11 Å². The maximum absolute atomic E-state index is 11.1. The standard InChI is InChI=1S/C8H13NO3.C2H6/c1-6(11)8-7(12-2)3-4-9(8)5-10;1-2/h5,7-8H,3-4H2,1-2H3;1-2H3/t7-,8+;/m0./s1. The Morgan fingerprint density at radius 1 is 1.50 bits per heavy atom. The van der Waals surface area contributed by atoms with Gasteiger partial charge in [0.25, 0.3) is 0 Å². The molecule has 4 nitrogen and oxygen atoms in total. The molecule has 1 saturated heterocycles. The fourth-order valence-corrected chi connectivity index (χ4v) is 1.65. The van der Waals surface area contributed by atoms with Crippen LogP contribution in [0.2, 0.25) is 0 Å². The highest BCUT2D eigenvalue weighted by atomic mass is 16.5. The van der Waals surface area contributed by atoms with Gasteiger partial charge in [-0.3, -0.25) is 9.59 Å². The Bertz CT molecular complexity index is 194. The van der Waals surface area contributed by atoms with Crippen molar-refractivity contribution < 1.29 is 14.3 Å². The van der Waals surface area contributed by atoms with E-state index < -0.39 is 0 Å². The predicted octanol–water partition coefficient (Wildman–Crippen LogP) is 0.847. The molecule has 0 aliphatic carbocycles. The van der Waals surface area contributed by atoms with Crippen LogP contribution in [-0.4, -0.2) is 42.9 Å². The lowest BCUT2D eigenvalue weighted by atomic mass is 10.1. The van der Waals surface area contributed by atoms with E-state index in [1.807, 2.05) is 13.8 Å². The Hall–Kier alpha value is -0.900. The molecule has 1 aliphatic rings. The number of hydrogen-bond acceptors (Lipinski definition) is 3. The second-order valence-electron chi connectivity index (χ2n) is 2.96. The second-order valence-corrected chi connectivity index (χ2v) is 2.96. The van der Waals surface area contributed by atoms with E-state index in [0.717, 1.165) is 6.42 Å². The number of methoxy groups -OCH3 is 1. The van der Waals surface area contributed by atoms with Gasteiger partial charge >= 0.3 is 0 Å². The Balaban J connectivity index is 0.000000791. The van der Waals surface area contributed by atoms with E-state index in [9.17, 15) is 9.59 Å². The highest BCUT2D eigenvalue weighted by Gasteiger charge is 2.36. The number of nitrogens with zero attached hydrogens (tertiary/aromatic N) is 1. The van der Waals surface area contributed by atoms with Gasteiger partial charge in [0.15, 0.2) is 5.78 Å². The van der Waals surface area contributed by atoms with Crippen molar-refractivity contribution in [2.24, 2.45) is 0 Å². The molecule has 0 saturated carbocycles. The fraction of sp³-hybridized carbons (Fsp3) is 0.800. The molecule has 1 amide bonds. The van der Waals surface area contributed by atoms with Crippen LogP contribution in [0.15, 0.2) is 0 Å². The van der Waals surface area contributed by atoms with Crippen molar-refractivity contribution in [3.05, 3.63) is 0 Å². The van der Waals surface area contributed by atoms with Crippen molar-refractivity contribution in [2.45, 2.75) is 39.3 Å². The number of hydrogen-bond donors (Lipinski definition) is 0. The molecule has 0 aromatic rings. The van der Waals surface area contributed by atoms with Crippen molar-refractivity contribution in [1.82, 2.24) is 4.90 Å². The lowest BCUT2D eigenvalue weighted by Gasteiger charge is -2.20. The van der Waals surface area contributed by atoms with Crippen LogP contribution in [0.1, 0.15) is 27.2 Å². The molecular formula is C10H19NO3. The highest BCUT2D eigenvalue weighted by Crippen LogP contribution is 2.19. The summed E-state index contributed by atoms with van der Waals surface area (Å²) in [5.41, 5.74) is 0. The van der Waals surface area contributed by atoms with Crippen molar-refractivity contribution in [3.63, 3.8) is 0 Å². The first-order chi connectivity index (χ1) is 6.70. The zero-order valence-electron chi connectivity index (χ0n) is 9.32. The quantitative estimate of drug-likeness (QED) is 0.636. The molecule has 4 heteroatoms. The van der Waals surface area contributed by atoms with Gasteiger partial charge in [0.2, 0.25) is 6.41 Å². The Labute approximate surface area is 85.2 Å². The van der Waals surface area contributed by atoms with Crippen molar-refractivity contribution in [2.75, 3.05) is 13.7 Å². The van der Waals surface area contributed by atoms with Crippen molar-refractivity contribution in [3.8, 4) is 0 Å². The summed E-state index contributed by atoms with van der Waals surface area (Å²) in [6, 6.07) is -0.368. The summed E-state index contributed by atoms with van der Waals surface area (Å²) in [5.74, 6) is -0.00792. The average molecular weight is 201 g/mol. The molecule has 2 atom stereocenters. The SMILES string of the molecule is CC.CO[C@H]1CCN(C=O)[C@@H]1C(C)=O. The number of amides is 1. The van der Waals surface area contributed by atoms with E-state index in [-0.39, 0.29) is 17.9 Å². The third-order valence-corrected chi connectivity index (χ3v) is 2.24. The number of ketones is 1. The van der Waals surface area contributed by atoms with Gasteiger partial charge in [0, 0.05) is 13.7 Å². The number of ether oxygens (including phenoxy) is 1. The average Bonchev–Trinajstić information content (AvgIpc) is 2.63. The zero-order valence-corrected chi connectivity index (χ0v) is 9.32. The molecule has 1 aliphatic heterocycles. The molecular weight excluding hydrogens is 182 g/mol. The lowest BCUT2D eigenvalue weighted by Crippen LogP contribution is -2.40. The number of carbonyl (C=O) groups excluding carboxylic acids is 2. The van der Waals surface area contributed by atoms with E-state index in [0.29, 0.717) is 13.0 Å². The lowest BCUT2D eigenvalue weighted by molar-refractivity contribution is -0.131. The second kappa shape index (κ2) is 6.54. The summed E-state index contributed by atoms with van der Waals surface area (Å²) in [5, 5.41) is 0. The first-order valence-electron chi connectivity index (χ1n) is 4.95. The van der Waals surface area contributed by atoms with Crippen LogP contribution in [0, 0.1) is 0 Å². The molecule has 1 heterocycles. The van der Waals surface area contributed by atoms with E-state index >= 15 is 0 Å². The maximum atomic E-state index is 11.1. The molecule has 14 heavy (non-hydrogen) atoms. The van der Waals surface area contributed by atoms with Gasteiger partial charge in [-0.15, -0.1) is 0 Å². The Morgan fingerprint density at radius 2 is 2.07 bits per heavy atom.